The van der Waals surface area contributed by atoms with Gasteiger partial charge in [0, 0.05) is 17.9 Å². The molecule has 2 nitrogen and oxygen atoms in total. The number of hydrogen-bond acceptors (Lipinski definition) is 2. The minimum atomic E-state index is -2.06. The molecular weight excluding hydrogens is 170 g/mol. The zero-order valence-electron chi connectivity index (χ0n) is 8.00. The molecule has 0 aromatic heterocycles. The molecule has 0 radical (unpaired) electrons. The van der Waals surface area contributed by atoms with E-state index in [0.717, 1.165) is 5.57 Å². The molecule has 1 aliphatic heterocycles. The van der Waals surface area contributed by atoms with Crippen LogP contribution in [-0.2, 0) is 9.73 Å². The Labute approximate surface area is 74.6 Å². The summed E-state index contributed by atoms with van der Waals surface area (Å²) in [5.74, 6) is 0. The van der Waals surface area contributed by atoms with Crippen LogP contribution in [0.25, 0.3) is 0 Å². The molecule has 0 aliphatic carbocycles. The number of allylic oxidation sites excluding steroid dienone is 2. The molecule has 0 spiro atoms. The summed E-state index contributed by atoms with van der Waals surface area (Å²) in [6, 6.07) is 0. The third-order valence-corrected chi connectivity index (χ3v) is 2.93. The first-order valence-corrected chi connectivity index (χ1v) is 5.90. The molecule has 0 fully saturated rings. The highest BCUT2D eigenvalue weighted by molar-refractivity contribution is 7.95. The number of rotatable bonds is 0. The second-order valence-corrected chi connectivity index (χ2v) is 6.31. The number of nitrogens with zero attached hydrogens (tertiary/aromatic N) is 1. The zero-order valence-corrected chi connectivity index (χ0v) is 8.81. The summed E-state index contributed by atoms with van der Waals surface area (Å²) in [6.07, 6.45) is 5.27. The van der Waals surface area contributed by atoms with Gasteiger partial charge in [-0.15, -0.1) is 0 Å². The van der Waals surface area contributed by atoms with Crippen molar-refractivity contribution < 1.29 is 4.21 Å². The normalized spacial score (nSPS) is 29.5. The van der Waals surface area contributed by atoms with Crippen molar-refractivity contribution in [3.05, 3.63) is 23.3 Å². The fourth-order valence-corrected chi connectivity index (χ4v) is 1.68. The Kier molecular flexibility index (Phi) is 2.17. The monoisotopic (exact) mass is 185 g/mol. The fourth-order valence-electron chi connectivity index (χ4n) is 0.883. The van der Waals surface area contributed by atoms with Crippen molar-refractivity contribution >= 4 is 9.73 Å². The SMILES string of the molecule is CC(C)(C)C1=CN=S(C)(=O)C=C1. The van der Waals surface area contributed by atoms with Crippen LogP contribution in [-0.4, -0.2) is 10.5 Å². The van der Waals surface area contributed by atoms with Crippen molar-refractivity contribution in [3.8, 4) is 0 Å². The molecule has 1 unspecified atom stereocenters. The maximum absolute atomic E-state index is 11.4. The van der Waals surface area contributed by atoms with Gasteiger partial charge >= 0.3 is 0 Å². The quantitative estimate of drug-likeness (QED) is 0.570. The lowest BCUT2D eigenvalue weighted by Gasteiger charge is -2.20. The van der Waals surface area contributed by atoms with E-state index >= 15 is 0 Å². The molecule has 0 aromatic rings. The van der Waals surface area contributed by atoms with Crippen LogP contribution in [0.5, 0.6) is 0 Å². The smallest absolute Gasteiger partial charge is 0.0696 e. The van der Waals surface area contributed by atoms with Crippen molar-refractivity contribution in [3.63, 3.8) is 0 Å². The van der Waals surface area contributed by atoms with Gasteiger partial charge in [0.2, 0.25) is 0 Å². The van der Waals surface area contributed by atoms with Crippen LogP contribution in [0.15, 0.2) is 27.6 Å². The molecule has 1 aliphatic rings. The zero-order chi connectivity index (χ0) is 9.41. The van der Waals surface area contributed by atoms with Crippen LogP contribution in [0.2, 0.25) is 0 Å². The Bertz CT molecular complexity index is 349. The van der Waals surface area contributed by atoms with Crippen LogP contribution >= 0.6 is 0 Å². The van der Waals surface area contributed by atoms with E-state index in [4.69, 9.17) is 0 Å². The van der Waals surface area contributed by atoms with Crippen molar-refractivity contribution in [2.75, 3.05) is 6.26 Å². The van der Waals surface area contributed by atoms with Crippen LogP contribution < -0.4 is 0 Å². The standard InChI is InChI=1S/C9H15NOS/c1-9(2,3)8-5-6-12(4,11)10-7-8/h5-7H,1-4H3. The molecule has 0 saturated carbocycles. The lowest BCUT2D eigenvalue weighted by atomic mass is 9.87. The van der Waals surface area contributed by atoms with E-state index in [1.807, 2.05) is 6.08 Å². The molecule has 0 saturated heterocycles. The Morgan fingerprint density at radius 1 is 1.42 bits per heavy atom. The maximum atomic E-state index is 11.4. The summed E-state index contributed by atoms with van der Waals surface area (Å²) in [5.41, 5.74) is 1.22. The van der Waals surface area contributed by atoms with Gasteiger partial charge < -0.3 is 0 Å². The van der Waals surface area contributed by atoms with Crippen molar-refractivity contribution in [1.29, 1.82) is 0 Å². The van der Waals surface area contributed by atoms with Crippen molar-refractivity contribution in [2.24, 2.45) is 9.78 Å². The summed E-state index contributed by atoms with van der Waals surface area (Å²) in [5, 5.41) is 1.69. The van der Waals surface area contributed by atoms with Gasteiger partial charge in [-0.1, -0.05) is 20.8 Å². The Balaban J connectivity index is 3.08. The summed E-state index contributed by atoms with van der Waals surface area (Å²) in [7, 11) is -2.06. The van der Waals surface area contributed by atoms with Gasteiger partial charge in [0.1, 0.15) is 0 Å². The van der Waals surface area contributed by atoms with E-state index in [9.17, 15) is 4.21 Å². The molecule has 12 heavy (non-hydrogen) atoms. The van der Waals surface area contributed by atoms with Gasteiger partial charge in [0.15, 0.2) is 0 Å². The van der Waals surface area contributed by atoms with Crippen LogP contribution in [0.3, 0.4) is 0 Å². The highest BCUT2D eigenvalue weighted by atomic mass is 32.2. The third kappa shape index (κ3) is 2.21. The molecule has 0 N–H and O–H groups in total. The second-order valence-electron chi connectivity index (χ2n) is 4.10. The van der Waals surface area contributed by atoms with Gasteiger partial charge in [0.05, 0.1) is 9.73 Å². The summed E-state index contributed by atoms with van der Waals surface area (Å²) in [6.45, 7) is 6.34. The molecule has 3 heteroatoms. The van der Waals surface area contributed by atoms with Crippen molar-refractivity contribution in [2.45, 2.75) is 20.8 Å². The van der Waals surface area contributed by atoms with Crippen molar-refractivity contribution in [1.82, 2.24) is 0 Å². The van der Waals surface area contributed by atoms with Crippen LogP contribution in [0, 0.1) is 5.41 Å². The lowest BCUT2D eigenvalue weighted by molar-refractivity contribution is 0.515. The fraction of sp³-hybridized carbons (Fsp3) is 0.556. The highest BCUT2D eigenvalue weighted by Crippen LogP contribution is 2.28. The van der Waals surface area contributed by atoms with Crippen LogP contribution in [0.4, 0.5) is 0 Å². The summed E-state index contributed by atoms with van der Waals surface area (Å²) in [4.78, 5) is 0. The minimum Gasteiger partial charge on any atom is -0.245 e. The molecule has 0 amide bonds. The molecule has 68 valence electrons. The van der Waals surface area contributed by atoms with Crippen LogP contribution in [0.1, 0.15) is 20.8 Å². The minimum absolute atomic E-state index is 0.0932. The van der Waals surface area contributed by atoms with Gasteiger partial charge in [-0.05, 0) is 17.1 Å². The Morgan fingerprint density at radius 2 is 2.00 bits per heavy atom. The molecule has 1 rings (SSSR count). The van der Waals surface area contributed by atoms with E-state index in [2.05, 4.69) is 25.1 Å². The van der Waals surface area contributed by atoms with E-state index < -0.39 is 9.73 Å². The Hall–Kier alpha value is -0.570. The van der Waals surface area contributed by atoms with Gasteiger partial charge in [-0.3, -0.25) is 0 Å². The predicted octanol–water partition coefficient (Wildman–Crippen LogP) is 2.54. The first-order valence-electron chi connectivity index (χ1n) is 3.91. The summed E-state index contributed by atoms with van der Waals surface area (Å²) >= 11 is 0. The average molecular weight is 185 g/mol. The van der Waals surface area contributed by atoms with E-state index in [0.29, 0.717) is 0 Å². The molecule has 1 heterocycles. The third-order valence-electron chi connectivity index (χ3n) is 1.77. The molecule has 0 aromatic carbocycles. The average Bonchev–Trinajstić information content (AvgIpc) is 1.83. The predicted molar refractivity (Wildman–Crippen MR) is 53.2 cm³/mol. The molecule has 1 atom stereocenters. The first kappa shape index (κ1) is 9.52. The van der Waals surface area contributed by atoms with E-state index in [1.54, 1.807) is 17.9 Å². The Morgan fingerprint density at radius 3 is 2.33 bits per heavy atom. The van der Waals surface area contributed by atoms with E-state index in [1.165, 1.54) is 0 Å². The highest BCUT2D eigenvalue weighted by Gasteiger charge is 2.16. The molecular formula is C9H15NOS. The van der Waals surface area contributed by atoms with Gasteiger partial charge in [-0.25, -0.2) is 8.57 Å². The summed E-state index contributed by atoms with van der Waals surface area (Å²) < 4.78 is 15.4. The van der Waals surface area contributed by atoms with Gasteiger partial charge in [-0.2, -0.15) is 0 Å². The second kappa shape index (κ2) is 2.73. The van der Waals surface area contributed by atoms with E-state index in [-0.39, 0.29) is 5.41 Å². The first-order chi connectivity index (χ1) is 5.31. The maximum Gasteiger partial charge on any atom is 0.0696 e. The lowest BCUT2D eigenvalue weighted by Crippen LogP contribution is -2.09. The largest absolute Gasteiger partial charge is 0.245 e. The topological polar surface area (TPSA) is 29.4 Å². The van der Waals surface area contributed by atoms with Gasteiger partial charge in [0.25, 0.3) is 0 Å². The number of hydrogen-bond donors (Lipinski definition) is 0. The molecule has 0 bridgehead atoms.